The highest BCUT2D eigenvalue weighted by Crippen LogP contribution is 2.08. The summed E-state index contributed by atoms with van der Waals surface area (Å²) in [6.45, 7) is 2.35. The molecule has 0 radical (unpaired) electrons. The molecule has 1 aromatic rings. The number of carbonyl (C=O) groups is 1. The first-order chi connectivity index (χ1) is 7.65. The van der Waals surface area contributed by atoms with Crippen LogP contribution in [0, 0.1) is 6.92 Å². The second-order valence-corrected chi connectivity index (χ2v) is 3.21. The fraction of sp³-hybridized carbons (Fsp3) is 0.444. The number of anilines is 2. The molecule has 0 atom stereocenters. The number of amides is 1. The molecule has 0 spiro atoms. The van der Waals surface area contributed by atoms with Gasteiger partial charge in [0, 0.05) is 31.8 Å². The maximum atomic E-state index is 11.0. The minimum atomic E-state index is -0.0181. The Balaban J connectivity index is 2.53. The summed E-state index contributed by atoms with van der Waals surface area (Å²) in [6.07, 6.45) is 0.394. The van der Waals surface area contributed by atoms with Gasteiger partial charge in [0.1, 0.15) is 5.82 Å². The zero-order chi connectivity index (χ0) is 12.0. The molecule has 1 aromatic heterocycles. The van der Waals surface area contributed by atoms with Crippen molar-refractivity contribution in [3.63, 3.8) is 0 Å². The average Bonchev–Trinajstić information content (AvgIpc) is 2.28. The normalized spacial score (nSPS) is 9.69. The number of carbonyl (C=O) groups excluding carboxylic acids is 1. The van der Waals surface area contributed by atoms with Crippen LogP contribution in [0.5, 0.6) is 0 Å². The standard InChI is InChI=1S/C9H16N6O/c1-6-5-7(14-9(13-6)15-10)12-4-3-8(16)11-2/h5H,3-4,10H2,1-2H3,(H,11,16)(H2,12,13,14,15). The van der Waals surface area contributed by atoms with Crippen LogP contribution >= 0.6 is 0 Å². The SMILES string of the molecule is CNC(=O)CCNc1cc(C)nc(NN)n1. The minimum Gasteiger partial charge on any atom is -0.369 e. The van der Waals surface area contributed by atoms with E-state index in [4.69, 9.17) is 5.84 Å². The van der Waals surface area contributed by atoms with E-state index in [2.05, 4.69) is 26.0 Å². The number of nitrogens with one attached hydrogen (secondary N) is 3. The number of nitrogens with zero attached hydrogens (tertiary/aromatic N) is 2. The molecule has 7 heteroatoms. The molecule has 88 valence electrons. The van der Waals surface area contributed by atoms with Gasteiger partial charge >= 0.3 is 0 Å². The monoisotopic (exact) mass is 224 g/mol. The summed E-state index contributed by atoms with van der Waals surface area (Å²) in [6, 6.07) is 1.78. The van der Waals surface area contributed by atoms with Crippen LogP contribution in [0.4, 0.5) is 11.8 Å². The van der Waals surface area contributed by atoms with Gasteiger partial charge < -0.3 is 10.6 Å². The predicted octanol–water partition coefficient (Wildman–Crippen LogP) is -0.381. The number of aromatic nitrogens is 2. The second-order valence-electron chi connectivity index (χ2n) is 3.21. The molecule has 5 N–H and O–H groups in total. The molecule has 0 saturated carbocycles. The third-order valence-electron chi connectivity index (χ3n) is 1.92. The van der Waals surface area contributed by atoms with E-state index in [-0.39, 0.29) is 5.91 Å². The van der Waals surface area contributed by atoms with Crippen molar-refractivity contribution in [3.8, 4) is 0 Å². The van der Waals surface area contributed by atoms with Gasteiger partial charge in [-0.1, -0.05) is 0 Å². The molecule has 1 heterocycles. The molecule has 0 aliphatic carbocycles. The molecular weight excluding hydrogens is 208 g/mol. The number of hydrogen-bond acceptors (Lipinski definition) is 6. The molecular formula is C9H16N6O. The average molecular weight is 224 g/mol. The number of hydrazine groups is 1. The van der Waals surface area contributed by atoms with Crippen molar-refractivity contribution in [1.82, 2.24) is 15.3 Å². The Morgan fingerprint density at radius 3 is 2.88 bits per heavy atom. The van der Waals surface area contributed by atoms with Crippen molar-refractivity contribution < 1.29 is 4.79 Å². The molecule has 0 fully saturated rings. The Hall–Kier alpha value is -1.89. The largest absolute Gasteiger partial charge is 0.369 e. The van der Waals surface area contributed by atoms with Crippen LogP contribution in [0.2, 0.25) is 0 Å². The van der Waals surface area contributed by atoms with Gasteiger partial charge in [-0.2, -0.15) is 4.98 Å². The van der Waals surface area contributed by atoms with E-state index in [0.717, 1.165) is 5.69 Å². The van der Waals surface area contributed by atoms with E-state index in [9.17, 15) is 4.79 Å². The molecule has 0 unspecified atom stereocenters. The molecule has 7 nitrogen and oxygen atoms in total. The Bertz CT molecular complexity index is 367. The van der Waals surface area contributed by atoms with Gasteiger partial charge in [0.25, 0.3) is 0 Å². The van der Waals surface area contributed by atoms with Crippen LogP contribution in [-0.2, 0) is 4.79 Å². The summed E-state index contributed by atoms with van der Waals surface area (Å²) in [5.74, 6) is 6.19. The fourth-order valence-electron chi connectivity index (χ4n) is 1.15. The summed E-state index contributed by atoms with van der Waals surface area (Å²) in [4.78, 5) is 19.1. The van der Waals surface area contributed by atoms with Crippen molar-refractivity contribution in [3.05, 3.63) is 11.8 Å². The van der Waals surface area contributed by atoms with E-state index >= 15 is 0 Å². The first kappa shape index (κ1) is 12.2. The van der Waals surface area contributed by atoms with Crippen molar-refractivity contribution in [1.29, 1.82) is 0 Å². The summed E-state index contributed by atoms with van der Waals surface area (Å²) < 4.78 is 0. The maximum absolute atomic E-state index is 11.0. The number of aryl methyl sites for hydroxylation is 1. The maximum Gasteiger partial charge on any atom is 0.239 e. The zero-order valence-electron chi connectivity index (χ0n) is 9.37. The quantitative estimate of drug-likeness (QED) is 0.401. The van der Waals surface area contributed by atoms with Crippen molar-refractivity contribution in [2.24, 2.45) is 5.84 Å². The van der Waals surface area contributed by atoms with Crippen molar-refractivity contribution in [2.45, 2.75) is 13.3 Å². The summed E-state index contributed by atoms with van der Waals surface area (Å²) in [7, 11) is 1.60. The Morgan fingerprint density at radius 2 is 2.25 bits per heavy atom. The Labute approximate surface area is 93.8 Å². The molecule has 1 amide bonds. The van der Waals surface area contributed by atoms with Gasteiger partial charge in [-0.15, -0.1) is 0 Å². The first-order valence-corrected chi connectivity index (χ1v) is 4.92. The third kappa shape index (κ3) is 3.70. The predicted molar refractivity (Wildman–Crippen MR) is 61.8 cm³/mol. The molecule has 1 rings (SSSR count). The summed E-state index contributed by atoms with van der Waals surface area (Å²) in [5.41, 5.74) is 3.17. The lowest BCUT2D eigenvalue weighted by Crippen LogP contribution is -2.21. The lowest BCUT2D eigenvalue weighted by molar-refractivity contribution is -0.120. The number of nitrogen functional groups attached to an aromatic ring is 1. The summed E-state index contributed by atoms with van der Waals surface area (Å²) >= 11 is 0. The molecule has 0 aliphatic rings. The highest BCUT2D eigenvalue weighted by molar-refractivity contribution is 5.76. The van der Waals surface area contributed by atoms with Gasteiger partial charge in [-0.25, -0.2) is 10.8 Å². The second kappa shape index (κ2) is 5.86. The molecule has 0 aromatic carbocycles. The van der Waals surface area contributed by atoms with E-state index in [0.29, 0.717) is 24.7 Å². The minimum absolute atomic E-state index is 0.0181. The van der Waals surface area contributed by atoms with Crippen LogP contribution in [0.3, 0.4) is 0 Å². The zero-order valence-corrected chi connectivity index (χ0v) is 9.37. The van der Waals surface area contributed by atoms with Crippen LogP contribution in [-0.4, -0.2) is 29.5 Å². The van der Waals surface area contributed by atoms with Gasteiger partial charge in [-0.05, 0) is 6.92 Å². The molecule has 16 heavy (non-hydrogen) atoms. The smallest absolute Gasteiger partial charge is 0.239 e. The number of rotatable bonds is 5. The van der Waals surface area contributed by atoms with Crippen molar-refractivity contribution >= 4 is 17.7 Å². The molecule has 0 bridgehead atoms. The molecule has 0 saturated heterocycles. The van der Waals surface area contributed by atoms with E-state index < -0.39 is 0 Å². The van der Waals surface area contributed by atoms with Crippen LogP contribution in [0.15, 0.2) is 6.07 Å². The van der Waals surface area contributed by atoms with Gasteiger partial charge in [-0.3, -0.25) is 10.2 Å². The van der Waals surface area contributed by atoms with Gasteiger partial charge in [0.05, 0.1) is 0 Å². The van der Waals surface area contributed by atoms with E-state index in [1.807, 2.05) is 6.92 Å². The van der Waals surface area contributed by atoms with Crippen molar-refractivity contribution in [2.75, 3.05) is 24.3 Å². The van der Waals surface area contributed by atoms with Crippen LogP contribution in [0.1, 0.15) is 12.1 Å². The fourth-order valence-corrected chi connectivity index (χ4v) is 1.15. The van der Waals surface area contributed by atoms with Gasteiger partial charge in [0.15, 0.2) is 0 Å². The lowest BCUT2D eigenvalue weighted by Gasteiger charge is -2.07. The number of nitrogens with two attached hydrogens (primary N) is 1. The molecule has 0 aliphatic heterocycles. The highest BCUT2D eigenvalue weighted by Gasteiger charge is 2.01. The Morgan fingerprint density at radius 1 is 1.50 bits per heavy atom. The first-order valence-electron chi connectivity index (χ1n) is 4.92. The van der Waals surface area contributed by atoms with E-state index in [1.54, 1.807) is 13.1 Å². The van der Waals surface area contributed by atoms with E-state index in [1.165, 1.54) is 0 Å². The third-order valence-corrected chi connectivity index (χ3v) is 1.92. The number of hydrogen-bond donors (Lipinski definition) is 4. The highest BCUT2D eigenvalue weighted by atomic mass is 16.1. The topological polar surface area (TPSA) is 105 Å². The summed E-state index contributed by atoms with van der Waals surface area (Å²) in [5, 5.41) is 5.56. The van der Waals surface area contributed by atoms with Gasteiger partial charge in [0.2, 0.25) is 11.9 Å². The lowest BCUT2D eigenvalue weighted by atomic mass is 10.4. The Kier molecular flexibility index (Phi) is 4.46. The van der Waals surface area contributed by atoms with Crippen LogP contribution in [0.25, 0.3) is 0 Å². The van der Waals surface area contributed by atoms with Crippen LogP contribution < -0.4 is 21.9 Å².